The molecule has 0 unspecified atom stereocenters. The fourth-order valence-corrected chi connectivity index (χ4v) is 4.24. The normalized spacial score (nSPS) is 10.3. The van der Waals surface area contributed by atoms with E-state index in [1.165, 1.54) is 17.4 Å². The quantitative estimate of drug-likeness (QED) is 0.347. The van der Waals surface area contributed by atoms with E-state index in [2.05, 4.69) is 10.6 Å². The highest BCUT2D eigenvalue weighted by Gasteiger charge is 2.23. The smallest absolute Gasteiger partial charge is 0.342 e. The van der Waals surface area contributed by atoms with Gasteiger partial charge in [-0.25, -0.2) is 4.79 Å². The fraction of sp³-hybridized carbons (Fsp3) is 0.192. The average molecular weight is 463 g/mol. The van der Waals surface area contributed by atoms with E-state index in [1.54, 1.807) is 5.38 Å². The molecule has 0 bridgehead atoms. The van der Waals surface area contributed by atoms with E-state index in [4.69, 9.17) is 4.74 Å². The zero-order valence-corrected chi connectivity index (χ0v) is 19.8. The minimum absolute atomic E-state index is 0.224. The van der Waals surface area contributed by atoms with Gasteiger partial charge in [-0.15, -0.1) is 11.3 Å². The van der Waals surface area contributed by atoms with Gasteiger partial charge in [0.2, 0.25) is 5.91 Å². The lowest BCUT2D eigenvalue weighted by Gasteiger charge is -2.12. The maximum absolute atomic E-state index is 13.1. The minimum atomic E-state index is -0.681. The third kappa shape index (κ3) is 6.17. The van der Waals surface area contributed by atoms with Crippen molar-refractivity contribution < 1.29 is 19.1 Å². The number of hydrogen-bond acceptors (Lipinski definition) is 5. The van der Waals surface area contributed by atoms with Gasteiger partial charge in [-0.05, 0) is 44.4 Å². The SMILES string of the molecule is CC(C)=CC(=O)Nc1scc(-c2ccccc2)c1C(=O)OCC(=O)Nc1c(C)cccc1C. The minimum Gasteiger partial charge on any atom is -0.452 e. The lowest BCUT2D eigenvalue weighted by Crippen LogP contribution is -2.22. The molecular weight excluding hydrogens is 436 g/mol. The predicted octanol–water partition coefficient (Wildman–Crippen LogP) is 5.73. The lowest BCUT2D eigenvalue weighted by atomic mass is 10.0. The summed E-state index contributed by atoms with van der Waals surface area (Å²) < 4.78 is 5.35. The molecule has 33 heavy (non-hydrogen) atoms. The summed E-state index contributed by atoms with van der Waals surface area (Å²) in [6.45, 7) is 6.97. The Labute approximate surface area is 197 Å². The molecule has 0 aliphatic rings. The monoisotopic (exact) mass is 462 g/mol. The average Bonchev–Trinajstić information content (AvgIpc) is 3.18. The Bertz CT molecular complexity index is 1190. The predicted molar refractivity (Wildman–Crippen MR) is 133 cm³/mol. The van der Waals surface area contributed by atoms with Crippen LogP contribution in [0.25, 0.3) is 11.1 Å². The molecule has 7 heteroatoms. The summed E-state index contributed by atoms with van der Waals surface area (Å²) in [5, 5.41) is 7.72. The molecule has 2 aromatic carbocycles. The summed E-state index contributed by atoms with van der Waals surface area (Å²) in [5.74, 6) is -1.45. The number of ether oxygens (including phenoxy) is 1. The van der Waals surface area contributed by atoms with E-state index in [1.807, 2.05) is 76.2 Å². The van der Waals surface area contributed by atoms with Crippen LogP contribution in [0.5, 0.6) is 0 Å². The lowest BCUT2D eigenvalue weighted by molar-refractivity contribution is -0.119. The van der Waals surface area contributed by atoms with Crippen molar-refractivity contribution in [1.29, 1.82) is 0 Å². The first-order valence-corrected chi connectivity index (χ1v) is 11.3. The molecule has 0 saturated carbocycles. The molecule has 2 amide bonds. The highest BCUT2D eigenvalue weighted by atomic mass is 32.1. The Morgan fingerprint density at radius 2 is 1.61 bits per heavy atom. The van der Waals surface area contributed by atoms with Gasteiger partial charge in [-0.2, -0.15) is 0 Å². The summed E-state index contributed by atoms with van der Waals surface area (Å²) in [6, 6.07) is 15.0. The van der Waals surface area contributed by atoms with Gasteiger partial charge in [0, 0.05) is 22.7 Å². The van der Waals surface area contributed by atoms with E-state index >= 15 is 0 Å². The number of hydrogen-bond donors (Lipinski definition) is 2. The van der Waals surface area contributed by atoms with Crippen LogP contribution in [0.1, 0.15) is 35.3 Å². The zero-order chi connectivity index (χ0) is 24.0. The van der Waals surface area contributed by atoms with Crippen molar-refractivity contribution in [2.24, 2.45) is 0 Å². The van der Waals surface area contributed by atoms with Crippen LogP contribution in [0.15, 0.2) is 65.6 Å². The second-order valence-corrected chi connectivity index (χ2v) is 8.70. The van der Waals surface area contributed by atoms with Gasteiger partial charge in [-0.3, -0.25) is 9.59 Å². The largest absolute Gasteiger partial charge is 0.452 e. The molecule has 0 atom stereocenters. The molecule has 0 radical (unpaired) electrons. The molecule has 1 aromatic heterocycles. The van der Waals surface area contributed by atoms with E-state index in [-0.39, 0.29) is 11.5 Å². The van der Waals surface area contributed by atoms with Crippen LogP contribution in [-0.4, -0.2) is 24.4 Å². The first-order chi connectivity index (χ1) is 15.8. The van der Waals surface area contributed by atoms with Crippen molar-refractivity contribution in [3.05, 3.63) is 82.3 Å². The number of thiophene rings is 1. The van der Waals surface area contributed by atoms with E-state index < -0.39 is 18.5 Å². The molecule has 2 N–H and O–H groups in total. The van der Waals surface area contributed by atoms with Gasteiger partial charge < -0.3 is 15.4 Å². The molecule has 0 fully saturated rings. The number of para-hydroxylation sites is 1. The van der Waals surface area contributed by atoms with Crippen LogP contribution in [0.2, 0.25) is 0 Å². The van der Waals surface area contributed by atoms with Crippen LogP contribution >= 0.6 is 11.3 Å². The maximum atomic E-state index is 13.1. The van der Waals surface area contributed by atoms with Gasteiger partial charge in [-0.1, -0.05) is 54.1 Å². The van der Waals surface area contributed by atoms with Gasteiger partial charge >= 0.3 is 5.97 Å². The number of amides is 2. The van der Waals surface area contributed by atoms with Crippen molar-refractivity contribution in [1.82, 2.24) is 0 Å². The molecular formula is C26H26N2O4S. The molecule has 3 aromatic rings. The van der Waals surface area contributed by atoms with E-state index in [0.29, 0.717) is 16.3 Å². The van der Waals surface area contributed by atoms with Crippen molar-refractivity contribution in [3.8, 4) is 11.1 Å². The Hall–Kier alpha value is -3.71. The number of carbonyl (C=O) groups excluding carboxylic acids is 3. The molecule has 6 nitrogen and oxygen atoms in total. The highest BCUT2D eigenvalue weighted by molar-refractivity contribution is 7.15. The number of anilines is 2. The second-order valence-electron chi connectivity index (χ2n) is 7.82. The van der Waals surface area contributed by atoms with Crippen LogP contribution in [0, 0.1) is 13.8 Å². The Kier molecular flexibility index (Phi) is 7.79. The Morgan fingerprint density at radius 3 is 2.24 bits per heavy atom. The third-order valence-electron chi connectivity index (χ3n) is 4.82. The van der Waals surface area contributed by atoms with Crippen molar-refractivity contribution in [2.45, 2.75) is 27.7 Å². The number of benzene rings is 2. The second kappa shape index (κ2) is 10.7. The summed E-state index contributed by atoms with van der Waals surface area (Å²) in [7, 11) is 0. The zero-order valence-electron chi connectivity index (χ0n) is 19.0. The molecule has 3 rings (SSSR count). The van der Waals surface area contributed by atoms with Crippen LogP contribution in [-0.2, 0) is 14.3 Å². The maximum Gasteiger partial charge on any atom is 0.342 e. The number of allylic oxidation sites excluding steroid dienone is 1. The van der Waals surface area contributed by atoms with Crippen LogP contribution < -0.4 is 10.6 Å². The molecule has 1 heterocycles. The van der Waals surface area contributed by atoms with Gasteiger partial charge in [0.05, 0.1) is 0 Å². The summed E-state index contributed by atoms with van der Waals surface area (Å²) in [4.78, 5) is 37.8. The van der Waals surface area contributed by atoms with Gasteiger partial charge in [0.15, 0.2) is 6.61 Å². The van der Waals surface area contributed by atoms with Crippen LogP contribution in [0.3, 0.4) is 0 Å². The Balaban J connectivity index is 1.81. The number of carbonyl (C=O) groups is 3. The molecule has 0 aliphatic carbocycles. The summed E-state index contributed by atoms with van der Waals surface area (Å²) >= 11 is 1.23. The summed E-state index contributed by atoms with van der Waals surface area (Å²) in [6.07, 6.45) is 1.45. The topological polar surface area (TPSA) is 84.5 Å². The summed E-state index contributed by atoms with van der Waals surface area (Å²) in [5.41, 5.74) is 5.04. The number of nitrogens with one attached hydrogen (secondary N) is 2. The molecule has 0 spiro atoms. The van der Waals surface area contributed by atoms with Crippen LogP contribution in [0.4, 0.5) is 10.7 Å². The van der Waals surface area contributed by atoms with Gasteiger partial charge in [0.1, 0.15) is 10.6 Å². The number of rotatable bonds is 7. The van der Waals surface area contributed by atoms with Gasteiger partial charge in [0.25, 0.3) is 5.91 Å². The standard InChI is InChI=1S/C26H26N2O4S/c1-16(2)13-21(29)28-25-23(20(15-33-25)19-11-6-5-7-12-19)26(31)32-14-22(30)27-24-17(3)9-8-10-18(24)4/h5-13,15H,14H2,1-4H3,(H,27,30)(H,28,29). The van der Waals surface area contributed by atoms with E-state index in [0.717, 1.165) is 22.3 Å². The molecule has 0 aliphatic heterocycles. The molecule has 0 saturated heterocycles. The van der Waals surface area contributed by atoms with Crippen molar-refractivity contribution in [2.75, 3.05) is 17.2 Å². The first kappa shape index (κ1) is 23.9. The highest BCUT2D eigenvalue weighted by Crippen LogP contribution is 2.36. The van der Waals surface area contributed by atoms with E-state index in [9.17, 15) is 14.4 Å². The first-order valence-electron chi connectivity index (χ1n) is 10.4. The van der Waals surface area contributed by atoms with Crippen molar-refractivity contribution in [3.63, 3.8) is 0 Å². The number of esters is 1. The number of aryl methyl sites for hydroxylation is 2. The Morgan fingerprint density at radius 1 is 0.939 bits per heavy atom. The molecule has 170 valence electrons. The third-order valence-corrected chi connectivity index (χ3v) is 5.71. The van der Waals surface area contributed by atoms with Crippen molar-refractivity contribution >= 4 is 39.8 Å². The fourth-order valence-electron chi connectivity index (χ4n) is 3.28.